The molecule has 0 aliphatic carbocycles. The second kappa shape index (κ2) is 7.71. The maximum atomic E-state index is 11.5. The highest BCUT2D eigenvalue weighted by atomic mass is 16.5. The lowest BCUT2D eigenvalue weighted by Crippen LogP contribution is -2.46. The van der Waals surface area contributed by atoms with Crippen molar-refractivity contribution in [2.24, 2.45) is 5.92 Å². The number of ether oxygens (including phenoxy) is 1. The van der Waals surface area contributed by atoms with Crippen molar-refractivity contribution in [3.05, 3.63) is 0 Å². The molecule has 0 aromatic heterocycles. The number of hydrogen-bond donors (Lipinski definition) is 2. The average molecular weight is 257 g/mol. The number of nitrogens with one attached hydrogen (secondary N) is 2. The molecule has 1 aliphatic heterocycles. The molecule has 106 valence electrons. The van der Waals surface area contributed by atoms with E-state index in [9.17, 15) is 4.79 Å². The van der Waals surface area contributed by atoms with Gasteiger partial charge in [0.1, 0.15) is 0 Å². The highest BCUT2D eigenvalue weighted by molar-refractivity contribution is 5.78. The molecule has 1 rings (SSSR count). The van der Waals surface area contributed by atoms with Gasteiger partial charge >= 0.3 is 0 Å². The van der Waals surface area contributed by atoms with Crippen molar-refractivity contribution >= 4 is 5.91 Å². The zero-order chi connectivity index (χ0) is 13.5. The first-order valence-corrected chi connectivity index (χ1v) is 6.77. The standard InChI is InChI=1S/C13H27N3O2/c1-10(13(17)14-3)8-16(4)11(2)7-12-9-18-6-5-15-12/h10-12,15H,5-9H2,1-4H3,(H,14,17). The first kappa shape index (κ1) is 15.4. The van der Waals surface area contributed by atoms with Crippen molar-refractivity contribution in [1.29, 1.82) is 0 Å². The fraction of sp³-hybridized carbons (Fsp3) is 0.923. The normalized spacial score (nSPS) is 23.7. The van der Waals surface area contributed by atoms with Gasteiger partial charge in [0.25, 0.3) is 0 Å². The number of hydrogen-bond acceptors (Lipinski definition) is 4. The van der Waals surface area contributed by atoms with E-state index in [0.29, 0.717) is 12.1 Å². The van der Waals surface area contributed by atoms with Gasteiger partial charge in [-0.1, -0.05) is 6.92 Å². The molecule has 0 aromatic rings. The molecule has 1 fully saturated rings. The van der Waals surface area contributed by atoms with Crippen LogP contribution >= 0.6 is 0 Å². The molecule has 2 N–H and O–H groups in total. The van der Waals surface area contributed by atoms with Crippen LogP contribution < -0.4 is 10.6 Å². The molecule has 0 spiro atoms. The summed E-state index contributed by atoms with van der Waals surface area (Å²) in [6.07, 6.45) is 1.05. The predicted octanol–water partition coefficient (Wildman–Crippen LogP) is 0.0673. The molecule has 0 bridgehead atoms. The molecule has 18 heavy (non-hydrogen) atoms. The molecule has 1 aliphatic rings. The van der Waals surface area contributed by atoms with Crippen molar-refractivity contribution in [2.45, 2.75) is 32.4 Å². The summed E-state index contributed by atoms with van der Waals surface area (Å²) < 4.78 is 5.45. The van der Waals surface area contributed by atoms with Crippen LogP contribution in [-0.4, -0.2) is 63.3 Å². The van der Waals surface area contributed by atoms with Crippen LogP contribution in [0.4, 0.5) is 0 Å². The Morgan fingerprint density at radius 2 is 2.28 bits per heavy atom. The topological polar surface area (TPSA) is 53.6 Å². The van der Waals surface area contributed by atoms with Crippen LogP contribution in [0.2, 0.25) is 0 Å². The fourth-order valence-corrected chi connectivity index (χ4v) is 2.30. The molecular weight excluding hydrogens is 230 g/mol. The Balaban J connectivity index is 2.31. The van der Waals surface area contributed by atoms with E-state index in [1.165, 1.54) is 0 Å². The zero-order valence-electron chi connectivity index (χ0n) is 12.0. The monoisotopic (exact) mass is 257 g/mol. The molecule has 0 radical (unpaired) electrons. The van der Waals surface area contributed by atoms with Gasteiger partial charge in [0.2, 0.25) is 5.91 Å². The minimum atomic E-state index is 0.0259. The summed E-state index contributed by atoms with van der Waals surface area (Å²) in [5, 5.41) is 6.15. The minimum absolute atomic E-state index is 0.0259. The number of carbonyl (C=O) groups excluding carboxylic acids is 1. The van der Waals surface area contributed by atoms with Crippen molar-refractivity contribution < 1.29 is 9.53 Å². The summed E-state index contributed by atoms with van der Waals surface area (Å²) in [6, 6.07) is 0.878. The van der Waals surface area contributed by atoms with Gasteiger partial charge in [0.15, 0.2) is 0 Å². The Bertz CT molecular complexity index is 255. The van der Waals surface area contributed by atoms with E-state index in [-0.39, 0.29) is 11.8 Å². The van der Waals surface area contributed by atoms with Gasteiger partial charge < -0.3 is 20.3 Å². The third kappa shape index (κ3) is 4.92. The third-order valence-corrected chi connectivity index (χ3v) is 3.63. The number of carbonyl (C=O) groups is 1. The molecule has 0 aromatic carbocycles. The van der Waals surface area contributed by atoms with Crippen molar-refractivity contribution in [2.75, 3.05) is 40.4 Å². The van der Waals surface area contributed by atoms with Gasteiger partial charge in [-0.3, -0.25) is 4.79 Å². The van der Waals surface area contributed by atoms with Gasteiger partial charge in [-0.15, -0.1) is 0 Å². The van der Waals surface area contributed by atoms with Crippen molar-refractivity contribution in [3.63, 3.8) is 0 Å². The summed E-state index contributed by atoms with van der Waals surface area (Å²) in [5.74, 6) is 0.131. The minimum Gasteiger partial charge on any atom is -0.379 e. The van der Waals surface area contributed by atoms with Gasteiger partial charge in [0.05, 0.1) is 13.2 Å². The van der Waals surface area contributed by atoms with Gasteiger partial charge in [0, 0.05) is 38.1 Å². The molecule has 5 nitrogen and oxygen atoms in total. The van der Waals surface area contributed by atoms with Crippen LogP contribution in [0.5, 0.6) is 0 Å². The molecule has 3 unspecified atom stereocenters. The van der Waals surface area contributed by atoms with E-state index in [1.54, 1.807) is 7.05 Å². The lowest BCUT2D eigenvalue weighted by atomic mass is 10.1. The largest absolute Gasteiger partial charge is 0.379 e. The Labute approximate surface area is 110 Å². The Kier molecular flexibility index (Phi) is 6.60. The Hall–Kier alpha value is -0.650. The van der Waals surface area contributed by atoms with Gasteiger partial charge in [-0.2, -0.15) is 0 Å². The summed E-state index contributed by atoms with van der Waals surface area (Å²) in [5.41, 5.74) is 0. The molecule has 3 atom stereocenters. The van der Waals surface area contributed by atoms with Gasteiger partial charge in [-0.05, 0) is 20.4 Å². The van der Waals surface area contributed by atoms with Gasteiger partial charge in [-0.25, -0.2) is 0 Å². The van der Waals surface area contributed by atoms with Crippen LogP contribution in [0.1, 0.15) is 20.3 Å². The second-order valence-electron chi connectivity index (χ2n) is 5.27. The molecule has 1 amide bonds. The summed E-state index contributed by atoms with van der Waals surface area (Å²) in [7, 11) is 3.76. The molecule has 1 saturated heterocycles. The summed E-state index contributed by atoms with van der Waals surface area (Å²) >= 11 is 0. The highest BCUT2D eigenvalue weighted by Crippen LogP contribution is 2.10. The average Bonchev–Trinajstić information content (AvgIpc) is 2.38. The van der Waals surface area contributed by atoms with E-state index in [2.05, 4.69) is 29.5 Å². The third-order valence-electron chi connectivity index (χ3n) is 3.63. The van der Waals surface area contributed by atoms with E-state index in [4.69, 9.17) is 4.74 Å². The number of nitrogens with zero attached hydrogens (tertiary/aromatic N) is 1. The predicted molar refractivity (Wildman–Crippen MR) is 72.5 cm³/mol. The van der Waals surface area contributed by atoms with E-state index < -0.39 is 0 Å². The van der Waals surface area contributed by atoms with Crippen molar-refractivity contribution in [3.8, 4) is 0 Å². The van der Waals surface area contributed by atoms with E-state index in [0.717, 1.165) is 32.7 Å². The first-order valence-electron chi connectivity index (χ1n) is 6.77. The molecular formula is C13H27N3O2. The Morgan fingerprint density at radius 3 is 2.83 bits per heavy atom. The zero-order valence-corrected chi connectivity index (χ0v) is 12.0. The maximum absolute atomic E-state index is 11.5. The van der Waals surface area contributed by atoms with E-state index >= 15 is 0 Å². The molecule has 0 saturated carbocycles. The van der Waals surface area contributed by atoms with Crippen LogP contribution in [0.15, 0.2) is 0 Å². The lowest BCUT2D eigenvalue weighted by molar-refractivity contribution is -0.124. The number of morpholine rings is 1. The second-order valence-corrected chi connectivity index (χ2v) is 5.27. The smallest absolute Gasteiger partial charge is 0.223 e. The van der Waals surface area contributed by atoms with Crippen LogP contribution in [0.3, 0.4) is 0 Å². The molecule has 5 heteroatoms. The lowest BCUT2D eigenvalue weighted by Gasteiger charge is -2.32. The quantitative estimate of drug-likeness (QED) is 0.707. The van der Waals surface area contributed by atoms with Crippen molar-refractivity contribution in [1.82, 2.24) is 15.5 Å². The van der Waals surface area contributed by atoms with Crippen LogP contribution in [0, 0.1) is 5.92 Å². The van der Waals surface area contributed by atoms with Crippen LogP contribution in [-0.2, 0) is 9.53 Å². The first-order chi connectivity index (χ1) is 8.54. The summed E-state index contributed by atoms with van der Waals surface area (Å²) in [6.45, 7) is 7.50. The number of rotatable bonds is 6. The SMILES string of the molecule is CNC(=O)C(C)CN(C)C(C)CC1COCCN1. The molecule has 1 heterocycles. The Morgan fingerprint density at radius 1 is 1.56 bits per heavy atom. The maximum Gasteiger partial charge on any atom is 0.223 e. The highest BCUT2D eigenvalue weighted by Gasteiger charge is 2.21. The van der Waals surface area contributed by atoms with Crippen LogP contribution in [0.25, 0.3) is 0 Å². The fourth-order valence-electron chi connectivity index (χ4n) is 2.30. The van der Waals surface area contributed by atoms with E-state index in [1.807, 2.05) is 6.92 Å². The number of amides is 1. The summed E-state index contributed by atoms with van der Waals surface area (Å²) in [4.78, 5) is 13.7.